The summed E-state index contributed by atoms with van der Waals surface area (Å²) in [5.74, 6) is 0.687. The van der Waals surface area contributed by atoms with Crippen LogP contribution in [0.15, 0.2) is 36.8 Å². The van der Waals surface area contributed by atoms with Crippen LogP contribution < -0.4 is 5.73 Å². The van der Waals surface area contributed by atoms with Crippen molar-refractivity contribution >= 4 is 16.9 Å². The molecule has 7 heteroatoms. The molecule has 0 aliphatic carbocycles. The molecule has 1 atom stereocenters. The summed E-state index contributed by atoms with van der Waals surface area (Å²) in [5, 5.41) is 10.7. The number of hydrogen-bond acceptors (Lipinski definition) is 6. The number of phenols is 1. The summed E-state index contributed by atoms with van der Waals surface area (Å²) in [5.41, 5.74) is 8.88. The van der Waals surface area contributed by atoms with E-state index >= 15 is 0 Å². The molecule has 3 aromatic rings. The maximum atomic E-state index is 9.86. The van der Waals surface area contributed by atoms with Crippen LogP contribution in [0.1, 0.15) is 12.5 Å². The van der Waals surface area contributed by atoms with Gasteiger partial charge in [-0.25, -0.2) is 9.97 Å². The maximum Gasteiger partial charge on any atom is 0.146 e. The minimum Gasteiger partial charge on any atom is -0.508 e. The third-order valence-corrected chi connectivity index (χ3v) is 5.05. The second-order valence-electron chi connectivity index (χ2n) is 6.69. The Labute approximate surface area is 152 Å². The van der Waals surface area contributed by atoms with Gasteiger partial charge in [-0.05, 0) is 24.1 Å². The van der Waals surface area contributed by atoms with Gasteiger partial charge in [-0.15, -0.1) is 0 Å². The Morgan fingerprint density at radius 2 is 2.23 bits per heavy atom. The highest BCUT2D eigenvalue weighted by Gasteiger charge is 2.26. The molecule has 3 heterocycles. The predicted molar refractivity (Wildman–Crippen MR) is 101 cm³/mol. The lowest BCUT2D eigenvalue weighted by molar-refractivity contribution is 0.159. The van der Waals surface area contributed by atoms with Crippen LogP contribution >= 0.6 is 0 Å². The third kappa shape index (κ3) is 3.00. The summed E-state index contributed by atoms with van der Waals surface area (Å²) in [7, 11) is 1.73. The predicted octanol–water partition coefficient (Wildman–Crippen LogP) is 2.28. The Balaban J connectivity index is 1.76. The van der Waals surface area contributed by atoms with Gasteiger partial charge in [0, 0.05) is 44.5 Å². The lowest BCUT2D eigenvalue weighted by Gasteiger charge is -2.16. The van der Waals surface area contributed by atoms with Gasteiger partial charge in [-0.2, -0.15) is 0 Å². The van der Waals surface area contributed by atoms with Crippen molar-refractivity contribution in [3.05, 3.63) is 36.8 Å². The van der Waals surface area contributed by atoms with E-state index in [1.807, 2.05) is 12.1 Å². The van der Waals surface area contributed by atoms with Crippen LogP contribution in [0, 0.1) is 0 Å². The van der Waals surface area contributed by atoms with E-state index in [2.05, 4.69) is 25.6 Å². The van der Waals surface area contributed by atoms with Crippen LogP contribution in [0.5, 0.6) is 5.75 Å². The fourth-order valence-corrected chi connectivity index (χ4v) is 3.74. The molecule has 1 aliphatic rings. The zero-order valence-corrected chi connectivity index (χ0v) is 14.8. The van der Waals surface area contributed by atoms with Crippen molar-refractivity contribution in [3.63, 3.8) is 0 Å². The van der Waals surface area contributed by atoms with Gasteiger partial charge in [-0.1, -0.05) is 12.1 Å². The van der Waals surface area contributed by atoms with Crippen LogP contribution in [0.25, 0.3) is 22.2 Å². The van der Waals surface area contributed by atoms with Gasteiger partial charge < -0.3 is 20.1 Å². The Hall–Kier alpha value is -2.64. The van der Waals surface area contributed by atoms with E-state index in [0.717, 1.165) is 54.8 Å². The molecule has 1 unspecified atom stereocenters. The van der Waals surface area contributed by atoms with Gasteiger partial charge in [0.05, 0.1) is 12.0 Å². The van der Waals surface area contributed by atoms with E-state index in [9.17, 15) is 5.11 Å². The molecule has 26 heavy (non-hydrogen) atoms. The van der Waals surface area contributed by atoms with E-state index in [4.69, 9.17) is 10.5 Å². The number of aromatic hydroxyl groups is 1. The number of rotatable bonds is 5. The smallest absolute Gasteiger partial charge is 0.146 e. The quantitative estimate of drug-likeness (QED) is 0.731. The zero-order chi connectivity index (χ0) is 18.1. The lowest BCUT2D eigenvalue weighted by atomic mass is 10.1. The molecule has 1 aromatic carbocycles. The fourth-order valence-electron chi connectivity index (χ4n) is 3.74. The topological polar surface area (TPSA) is 89.4 Å². The van der Waals surface area contributed by atoms with Crippen molar-refractivity contribution in [2.45, 2.75) is 12.5 Å². The summed E-state index contributed by atoms with van der Waals surface area (Å²) >= 11 is 0. The highest BCUT2D eigenvalue weighted by atomic mass is 16.5. The largest absolute Gasteiger partial charge is 0.508 e. The summed E-state index contributed by atoms with van der Waals surface area (Å²) in [6.07, 6.45) is 4.66. The van der Waals surface area contributed by atoms with Gasteiger partial charge in [0.15, 0.2) is 0 Å². The highest BCUT2D eigenvalue weighted by molar-refractivity contribution is 6.00. The SMILES string of the molecule is COCCN1CCC(n2cc(-c3cccc(O)c3)c3c(N)ncnc32)C1. The molecule has 3 N–H and O–H groups in total. The number of methoxy groups -OCH3 is 1. The Morgan fingerprint density at radius 1 is 1.35 bits per heavy atom. The first-order chi connectivity index (χ1) is 12.7. The number of nitrogens with zero attached hydrogens (tertiary/aromatic N) is 4. The number of fused-ring (bicyclic) bond motifs is 1. The minimum atomic E-state index is 0.227. The number of nitrogen functional groups attached to an aromatic ring is 1. The number of hydrogen-bond donors (Lipinski definition) is 2. The average molecular weight is 353 g/mol. The third-order valence-electron chi connectivity index (χ3n) is 5.05. The fraction of sp³-hybridized carbons (Fsp3) is 0.368. The number of benzene rings is 1. The van der Waals surface area contributed by atoms with Crippen molar-refractivity contribution < 1.29 is 9.84 Å². The standard InChI is InChI=1S/C19H23N5O2/c1-26-8-7-23-6-5-14(10-23)24-11-16(13-3-2-4-15(25)9-13)17-18(20)21-12-22-19(17)24/h2-4,9,11-12,14,25H,5-8,10H2,1H3,(H2,20,21,22). The van der Waals surface area contributed by atoms with Gasteiger partial charge in [0.2, 0.25) is 0 Å². The molecular formula is C19H23N5O2. The second kappa shape index (κ2) is 6.93. The number of phenolic OH excluding ortho intramolecular Hbond substituents is 1. The lowest BCUT2D eigenvalue weighted by Crippen LogP contribution is -2.25. The van der Waals surface area contributed by atoms with Crippen molar-refractivity contribution in [2.24, 2.45) is 0 Å². The molecule has 1 saturated heterocycles. The van der Waals surface area contributed by atoms with Crippen LogP contribution in [-0.4, -0.2) is 57.9 Å². The zero-order valence-electron chi connectivity index (χ0n) is 14.8. The van der Waals surface area contributed by atoms with Crippen LogP contribution in [0.4, 0.5) is 5.82 Å². The molecule has 0 bridgehead atoms. The Kier molecular flexibility index (Phi) is 4.48. The van der Waals surface area contributed by atoms with Gasteiger partial charge in [0.1, 0.15) is 23.5 Å². The average Bonchev–Trinajstić information content (AvgIpc) is 3.25. The molecule has 0 radical (unpaired) electrons. The number of ether oxygens (including phenoxy) is 1. The molecule has 0 saturated carbocycles. The number of nitrogens with two attached hydrogens (primary N) is 1. The van der Waals surface area contributed by atoms with Crippen molar-refractivity contribution in [1.82, 2.24) is 19.4 Å². The summed E-state index contributed by atoms with van der Waals surface area (Å²) in [6.45, 7) is 3.66. The Morgan fingerprint density at radius 3 is 3.04 bits per heavy atom. The van der Waals surface area contributed by atoms with E-state index in [0.29, 0.717) is 11.9 Å². The van der Waals surface area contributed by atoms with Crippen LogP contribution in [0.2, 0.25) is 0 Å². The first-order valence-electron chi connectivity index (χ1n) is 8.79. The maximum absolute atomic E-state index is 9.86. The second-order valence-corrected chi connectivity index (χ2v) is 6.69. The number of likely N-dealkylation sites (tertiary alicyclic amines) is 1. The van der Waals surface area contributed by atoms with Gasteiger partial charge in [0.25, 0.3) is 0 Å². The van der Waals surface area contributed by atoms with E-state index in [1.54, 1.807) is 19.2 Å². The highest BCUT2D eigenvalue weighted by Crippen LogP contribution is 2.37. The molecule has 1 fully saturated rings. The van der Waals surface area contributed by atoms with E-state index < -0.39 is 0 Å². The summed E-state index contributed by atoms with van der Waals surface area (Å²) < 4.78 is 7.40. The molecule has 0 spiro atoms. The number of anilines is 1. The molecule has 136 valence electrons. The summed E-state index contributed by atoms with van der Waals surface area (Å²) in [6, 6.07) is 7.52. The van der Waals surface area contributed by atoms with Crippen molar-refractivity contribution in [1.29, 1.82) is 0 Å². The minimum absolute atomic E-state index is 0.227. The first kappa shape index (κ1) is 16.8. The van der Waals surface area contributed by atoms with Gasteiger partial charge >= 0.3 is 0 Å². The normalized spacial score (nSPS) is 18.0. The molecule has 0 amide bonds. The summed E-state index contributed by atoms with van der Waals surface area (Å²) in [4.78, 5) is 11.1. The van der Waals surface area contributed by atoms with Crippen molar-refractivity contribution in [2.75, 3.05) is 39.1 Å². The monoisotopic (exact) mass is 353 g/mol. The van der Waals surface area contributed by atoms with Crippen LogP contribution in [0.3, 0.4) is 0 Å². The first-order valence-corrected chi connectivity index (χ1v) is 8.79. The van der Waals surface area contributed by atoms with E-state index in [-0.39, 0.29) is 5.75 Å². The molecule has 7 nitrogen and oxygen atoms in total. The van der Waals surface area contributed by atoms with Gasteiger partial charge in [-0.3, -0.25) is 4.90 Å². The molecule has 2 aromatic heterocycles. The van der Waals surface area contributed by atoms with E-state index in [1.165, 1.54) is 6.33 Å². The molecular weight excluding hydrogens is 330 g/mol. The Bertz CT molecular complexity index is 923. The molecule has 4 rings (SSSR count). The molecule has 1 aliphatic heterocycles. The van der Waals surface area contributed by atoms with Crippen LogP contribution in [-0.2, 0) is 4.74 Å². The van der Waals surface area contributed by atoms with Crippen molar-refractivity contribution in [3.8, 4) is 16.9 Å². The number of aromatic nitrogens is 3.